The van der Waals surface area contributed by atoms with Gasteiger partial charge < -0.3 is 86.1 Å². The fourth-order valence-corrected chi connectivity index (χ4v) is 8.00. The fourth-order valence-electron chi connectivity index (χ4n) is 6.60. The number of hydrogen-bond acceptors (Lipinski definition) is 17. The summed E-state index contributed by atoms with van der Waals surface area (Å²) < 4.78 is 5.31. The molecule has 0 aromatic heterocycles. The molecule has 2 rings (SSSR count). The highest BCUT2D eigenvalue weighted by molar-refractivity contribution is 8.00. The zero-order valence-electron chi connectivity index (χ0n) is 36.5. The molecule has 29 heteroatoms. The molecule has 0 bridgehead atoms. The zero-order chi connectivity index (χ0) is 49.9. The molecule has 0 spiro atoms. The summed E-state index contributed by atoms with van der Waals surface area (Å²) in [6, 6.07) is -4.10. The molecule has 370 valence electrons. The summed E-state index contributed by atoms with van der Waals surface area (Å²) in [5.41, 5.74) is 30.0. The number of guanidine groups is 2. The van der Waals surface area contributed by atoms with E-state index in [0.29, 0.717) is 0 Å². The molecule has 0 radical (unpaired) electrons. The Bertz CT molecular complexity index is 1880. The summed E-state index contributed by atoms with van der Waals surface area (Å²) in [5, 5.41) is 52.0. The van der Waals surface area contributed by atoms with Gasteiger partial charge in [0.2, 0.25) is 35.7 Å². The number of amides is 6. The van der Waals surface area contributed by atoms with Crippen LogP contribution in [-0.4, -0.2) is 164 Å². The van der Waals surface area contributed by atoms with Crippen molar-refractivity contribution in [2.75, 3.05) is 25.4 Å². The number of aliphatic carboxylic acids is 2. The summed E-state index contributed by atoms with van der Waals surface area (Å²) in [7, 11) is 0. The van der Waals surface area contributed by atoms with Crippen LogP contribution in [-0.2, 0) is 47.9 Å². The number of β-lactam (4-membered cyclic amide) rings is 1. The van der Waals surface area contributed by atoms with Crippen LogP contribution >= 0.6 is 11.8 Å². The number of nitrogens with zero attached hydrogens (tertiary/aromatic N) is 3. The van der Waals surface area contributed by atoms with Crippen molar-refractivity contribution in [3.63, 3.8) is 0 Å². The van der Waals surface area contributed by atoms with Crippen LogP contribution in [0.3, 0.4) is 0 Å². The molecule has 0 aliphatic carbocycles. The van der Waals surface area contributed by atoms with Gasteiger partial charge in [0.05, 0.1) is 24.6 Å². The molecule has 2 aliphatic heterocycles. The molecule has 9 atom stereocenters. The highest BCUT2D eigenvalue weighted by Gasteiger charge is 2.66. The molecule has 9 unspecified atom stereocenters. The van der Waals surface area contributed by atoms with Crippen LogP contribution in [0.2, 0.25) is 0 Å². The van der Waals surface area contributed by atoms with Crippen molar-refractivity contribution in [1.82, 2.24) is 31.5 Å². The number of carbonyl (C=O) groups is 9. The Balaban J connectivity index is 2.19. The van der Waals surface area contributed by atoms with Crippen molar-refractivity contribution in [2.24, 2.45) is 50.3 Å². The highest BCUT2D eigenvalue weighted by atomic mass is 32.2. The topological polar surface area (TPSA) is 488 Å². The number of hydrogen-bond donors (Lipinski definition) is 15. The maximum atomic E-state index is 13.5. The maximum Gasteiger partial charge on any atom is 0.352 e. The van der Waals surface area contributed by atoms with Crippen molar-refractivity contribution in [3.8, 4) is 0 Å². The van der Waals surface area contributed by atoms with Crippen LogP contribution < -0.4 is 61.0 Å². The second-order valence-electron chi connectivity index (χ2n) is 15.5. The zero-order valence-corrected chi connectivity index (χ0v) is 37.3. The molecular formula is C37H62N14O14S. The Hall–Kier alpha value is -6.30. The molecule has 0 aromatic rings. The number of rotatable bonds is 30. The van der Waals surface area contributed by atoms with Crippen LogP contribution in [0.25, 0.3) is 0 Å². The second kappa shape index (κ2) is 26.6. The molecule has 1 saturated heterocycles. The SMILES string of the molecule is CC(N)CC(=O)NC(O)C(CCCN=C(N)N)NC(=O)C(C)C(=O)NC(CCCN=C(N)N)C(O)CC(=O)OCC1=C(C(=O)O)N2C(=O)C(NC=O)(NC(=O)CCCC(N)C(=O)O)C2SC1. The molecule has 0 saturated carbocycles. The largest absolute Gasteiger partial charge is 0.480 e. The minimum Gasteiger partial charge on any atom is -0.480 e. The summed E-state index contributed by atoms with van der Waals surface area (Å²) in [6.07, 6.45) is -3.91. The van der Waals surface area contributed by atoms with Gasteiger partial charge in [0, 0.05) is 43.3 Å². The molecule has 66 heavy (non-hydrogen) atoms. The number of aliphatic hydroxyl groups is 2. The van der Waals surface area contributed by atoms with Crippen molar-refractivity contribution in [2.45, 2.75) is 119 Å². The van der Waals surface area contributed by atoms with Crippen LogP contribution in [0.1, 0.15) is 71.6 Å². The van der Waals surface area contributed by atoms with Gasteiger partial charge in [-0.25, -0.2) is 4.79 Å². The van der Waals surface area contributed by atoms with E-state index in [9.17, 15) is 58.5 Å². The Morgan fingerprint density at radius 3 is 1.97 bits per heavy atom. The van der Waals surface area contributed by atoms with E-state index in [1.807, 2.05) is 0 Å². The summed E-state index contributed by atoms with van der Waals surface area (Å²) >= 11 is 0.928. The Morgan fingerprint density at radius 1 is 0.864 bits per heavy atom. The van der Waals surface area contributed by atoms with E-state index >= 15 is 0 Å². The van der Waals surface area contributed by atoms with Crippen LogP contribution in [0.5, 0.6) is 0 Å². The van der Waals surface area contributed by atoms with Crippen LogP contribution in [0.15, 0.2) is 21.3 Å². The van der Waals surface area contributed by atoms with Gasteiger partial charge in [0.15, 0.2) is 11.9 Å². The summed E-state index contributed by atoms with van der Waals surface area (Å²) in [5.74, 6) is -10.2. The van der Waals surface area contributed by atoms with E-state index in [0.717, 1.165) is 16.7 Å². The monoisotopic (exact) mass is 958 g/mol. The number of fused-ring (bicyclic) bond motifs is 1. The lowest BCUT2D eigenvalue weighted by molar-refractivity contribution is -0.162. The first-order valence-electron chi connectivity index (χ1n) is 20.6. The molecule has 28 nitrogen and oxygen atoms in total. The maximum absolute atomic E-state index is 13.5. The molecule has 6 amide bonds. The molecule has 1 fully saturated rings. The van der Waals surface area contributed by atoms with Gasteiger partial charge in [0.1, 0.15) is 35.9 Å². The lowest BCUT2D eigenvalue weighted by atomic mass is 9.94. The van der Waals surface area contributed by atoms with Crippen molar-refractivity contribution in [1.29, 1.82) is 0 Å². The molecular weight excluding hydrogens is 897 g/mol. The Labute approximate surface area is 382 Å². The molecule has 0 aromatic carbocycles. The van der Waals surface area contributed by atoms with E-state index in [1.165, 1.54) is 6.92 Å². The quantitative estimate of drug-likeness (QED) is 0.00465. The van der Waals surface area contributed by atoms with Gasteiger partial charge in [-0.1, -0.05) is 0 Å². The molecule has 2 aliphatic rings. The first-order valence-corrected chi connectivity index (χ1v) is 21.7. The minimum absolute atomic E-state index is 0.0215. The van der Waals surface area contributed by atoms with Gasteiger partial charge in [-0.3, -0.25) is 53.2 Å². The van der Waals surface area contributed by atoms with E-state index < -0.39 is 120 Å². The number of nitrogens with two attached hydrogens (primary N) is 6. The normalized spacial score (nSPS) is 19.6. The van der Waals surface area contributed by atoms with Gasteiger partial charge in [0.25, 0.3) is 5.91 Å². The first-order chi connectivity index (χ1) is 30.9. The number of carboxylic acid groups (broad SMARTS) is 2. The third-order valence-corrected chi connectivity index (χ3v) is 11.4. The van der Waals surface area contributed by atoms with Gasteiger partial charge >= 0.3 is 17.9 Å². The van der Waals surface area contributed by atoms with Crippen LogP contribution in [0.4, 0.5) is 0 Å². The van der Waals surface area contributed by atoms with Crippen molar-refractivity contribution < 1.29 is 68.3 Å². The first kappa shape index (κ1) is 55.8. The number of nitrogens with one attached hydrogen (secondary N) is 5. The van der Waals surface area contributed by atoms with Crippen LogP contribution in [0, 0.1) is 5.92 Å². The predicted molar refractivity (Wildman–Crippen MR) is 234 cm³/mol. The average molecular weight is 959 g/mol. The van der Waals surface area contributed by atoms with E-state index in [2.05, 4.69) is 36.6 Å². The van der Waals surface area contributed by atoms with E-state index in [4.69, 9.17) is 44.2 Å². The number of aliphatic hydroxyl groups excluding tert-OH is 2. The van der Waals surface area contributed by atoms with Gasteiger partial charge in [-0.2, -0.15) is 0 Å². The third kappa shape index (κ3) is 16.9. The van der Waals surface area contributed by atoms with E-state index in [-0.39, 0.29) is 94.1 Å². The Kier molecular flexibility index (Phi) is 22.5. The number of carbonyl (C=O) groups excluding carboxylic acids is 7. The number of ether oxygens (including phenoxy) is 1. The third-order valence-electron chi connectivity index (χ3n) is 10.0. The summed E-state index contributed by atoms with van der Waals surface area (Å²) in [4.78, 5) is 122. The Morgan fingerprint density at radius 2 is 1.44 bits per heavy atom. The van der Waals surface area contributed by atoms with Crippen molar-refractivity contribution in [3.05, 3.63) is 11.3 Å². The number of aliphatic imine (C=N–C) groups is 2. The minimum atomic E-state index is -2.05. The average Bonchev–Trinajstić information content (AvgIpc) is 3.22. The number of esters is 1. The second-order valence-corrected chi connectivity index (χ2v) is 16.6. The highest BCUT2D eigenvalue weighted by Crippen LogP contribution is 2.45. The smallest absolute Gasteiger partial charge is 0.352 e. The molecule has 2 heterocycles. The number of thioether (sulfide) groups is 1. The summed E-state index contributed by atoms with van der Waals surface area (Å²) in [6.45, 7) is 2.30. The van der Waals surface area contributed by atoms with Gasteiger partial charge in [-0.15, -0.1) is 11.8 Å². The number of carboxylic acids is 2. The van der Waals surface area contributed by atoms with Gasteiger partial charge in [-0.05, 0) is 52.4 Å². The standard InChI is InChI=1S/C37H62N14O14S/c1-17(38)12-25(55)49-30(59)22(8-5-11-45-36(42)43)48-29(58)18(2)28(57)47-21(7-4-10-44-35(40)41)23(53)13-26(56)65-14-19-15-66-34-37(46-16-52,33(64)51(34)27(19)32(62)63)50-24(54)9-3-6-20(39)31(60)61/h16-18,20-23,30,34,53,59H,3-15,38-39H2,1-2H3,(H,46,52)(H,47,57)(H,48,58)(H,49,55)(H,50,54)(H,60,61)(H,62,63)(H4,40,41,44)(H4,42,43,45). The lowest BCUT2D eigenvalue weighted by Crippen LogP contribution is -2.85. The predicted octanol–water partition coefficient (Wildman–Crippen LogP) is -6.44. The molecule has 21 N–H and O–H groups in total. The fraction of sp³-hybridized carbons (Fsp3) is 0.649. The van der Waals surface area contributed by atoms with E-state index in [1.54, 1.807) is 6.92 Å². The lowest BCUT2D eigenvalue weighted by Gasteiger charge is -2.56. The van der Waals surface area contributed by atoms with Crippen molar-refractivity contribution >= 4 is 77.5 Å².